The standard InChI is InChI=1S/C6H14ClNO2S/c1-3-8(6-5-7)11(9,10)4-2/h3-6H2,1-2H3. The molecule has 0 heterocycles. The van der Waals surface area contributed by atoms with Gasteiger partial charge in [-0.15, -0.1) is 11.6 Å². The van der Waals surface area contributed by atoms with Crippen LogP contribution in [0.3, 0.4) is 0 Å². The lowest BCUT2D eigenvalue weighted by Crippen LogP contribution is -2.33. The highest BCUT2D eigenvalue weighted by molar-refractivity contribution is 7.89. The third-order valence-electron chi connectivity index (χ3n) is 1.44. The van der Waals surface area contributed by atoms with E-state index < -0.39 is 10.0 Å². The number of nitrogens with zero attached hydrogens (tertiary/aromatic N) is 1. The minimum atomic E-state index is -3.02. The van der Waals surface area contributed by atoms with Crippen LogP contribution in [0.4, 0.5) is 0 Å². The fourth-order valence-electron chi connectivity index (χ4n) is 0.771. The number of hydrogen-bond acceptors (Lipinski definition) is 2. The Morgan fingerprint density at radius 2 is 1.91 bits per heavy atom. The molecule has 0 aliphatic heterocycles. The number of halogens is 1. The molecule has 0 aromatic carbocycles. The fraction of sp³-hybridized carbons (Fsp3) is 1.00. The van der Waals surface area contributed by atoms with Gasteiger partial charge in [0, 0.05) is 19.0 Å². The summed E-state index contributed by atoms with van der Waals surface area (Å²) in [5, 5.41) is 0. The summed E-state index contributed by atoms with van der Waals surface area (Å²) in [5.74, 6) is 0.505. The number of hydrogen-bond donors (Lipinski definition) is 0. The topological polar surface area (TPSA) is 37.4 Å². The lowest BCUT2D eigenvalue weighted by atomic mass is 10.7. The Kier molecular flexibility index (Phi) is 5.04. The highest BCUT2D eigenvalue weighted by Gasteiger charge is 2.16. The van der Waals surface area contributed by atoms with Crippen LogP contribution in [0.15, 0.2) is 0 Å². The van der Waals surface area contributed by atoms with Gasteiger partial charge in [-0.05, 0) is 6.92 Å². The van der Waals surface area contributed by atoms with Crippen LogP contribution in [0.1, 0.15) is 13.8 Å². The molecule has 68 valence electrons. The minimum Gasteiger partial charge on any atom is -0.212 e. The van der Waals surface area contributed by atoms with Crippen molar-refractivity contribution in [3.8, 4) is 0 Å². The zero-order chi connectivity index (χ0) is 8.91. The van der Waals surface area contributed by atoms with Gasteiger partial charge >= 0.3 is 0 Å². The van der Waals surface area contributed by atoms with Crippen molar-refractivity contribution >= 4 is 21.6 Å². The predicted octanol–water partition coefficient (Wildman–Crippen LogP) is 0.897. The molecule has 0 saturated heterocycles. The van der Waals surface area contributed by atoms with Crippen LogP contribution in [-0.4, -0.2) is 37.4 Å². The van der Waals surface area contributed by atoms with E-state index in [1.807, 2.05) is 0 Å². The van der Waals surface area contributed by atoms with Gasteiger partial charge in [0.05, 0.1) is 5.75 Å². The molecule has 0 bridgehead atoms. The first-order valence-electron chi connectivity index (χ1n) is 3.62. The summed E-state index contributed by atoms with van der Waals surface area (Å²) < 4.78 is 23.8. The Hall–Kier alpha value is 0.200. The predicted molar refractivity (Wildman–Crippen MR) is 47.4 cm³/mol. The van der Waals surface area contributed by atoms with Crippen LogP contribution in [0.5, 0.6) is 0 Å². The fourth-order valence-corrected chi connectivity index (χ4v) is 2.20. The van der Waals surface area contributed by atoms with Gasteiger partial charge in [0.2, 0.25) is 10.0 Å². The maximum atomic E-state index is 11.2. The van der Waals surface area contributed by atoms with Crippen LogP contribution < -0.4 is 0 Å². The molecule has 0 N–H and O–H groups in total. The summed E-state index contributed by atoms with van der Waals surface area (Å²) in [5.41, 5.74) is 0. The molecule has 0 spiro atoms. The molecule has 0 aliphatic carbocycles. The molecular formula is C6H14ClNO2S. The third kappa shape index (κ3) is 3.40. The van der Waals surface area contributed by atoms with Crippen LogP contribution in [0, 0.1) is 0 Å². The van der Waals surface area contributed by atoms with Crippen molar-refractivity contribution in [3.63, 3.8) is 0 Å². The summed E-state index contributed by atoms with van der Waals surface area (Å²) in [6.45, 7) is 4.35. The van der Waals surface area contributed by atoms with Crippen LogP contribution in [0.2, 0.25) is 0 Å². The lowest BCUT2D eigenvalue weighted by Gasteiger charge is -2.17. The third-order valence-corrected chi connectivity index (χ3v) is 3.57. The SMILES string of the molecule is CCN(CCCl)S(=O)(=O)CC. The van der Waals surface area contributed by atoms with Gasteiger partial charge in [-0.2, -0.15) is 0 Å². The van der Waals surface area contributed by atoms with Gasteiger partial charge in [-0.3, -0.25) is 0 Å². The normalized spacial score (nSPS) is 12.4. The van der Waals surface area contributed by atoms with E-state index in [9.17, 15) is 8.42 Å². The molecule has 0 rings (SSSR count). The van der Waals surface area contributed by atoms with Crippen molar-refractivity contribution < 1.29 is 8.42 Å². The first kappa shape index (κ1) is 11.2. The largest absolute Gasteiger partial charge is 0.213 e. The smallest absolute Gasteiger partial charge is 0.212 e. The molecule has 11 heavy (non-hydrogen) atoms. The summed E-state index contributed by atoms with van der Waals surface area (Å²) in [7, 11) is -3.02. The molecule has 3 nitrogen and oxygen atoms in total. The average molecular weight is 200 g/mol. The molecular weight excluding hydrogens is 186 g/mol. The highest BCUT2D eigenvalue weighted by atomic mass is 35.5. The second-order valence-corrected chi connectivity index (χ2v) is 4.72. The minimum absolute atomic E-state index is 0.151. The van der Waals surface area contributed by atoms with E-state index in [0.29, 0.717) is 19.0 Å². The quantitative estimate of drug-likeness (QED) is 0.617. The zero-order valence-electron chi connectivity index (χ0n) is 6.88. The monoisotopic (exact) mass is 199 g/mol. The molecule has 0 radical (unpaired) electrons. The van der Waals surface area contributed by atoms with E-state index >= 15 is 0 Å². The Balaban J connectivity index is 4.25. The van der Waals surface area contributed by atoms with E-state index in [4.69, 9.17) is 11.6 Å². The molecule has 0 saturated carbocycles. The Morgan fingerprint density at radius 3 is 2.18 bits per heavy atom. The van der Waals surface area contributed by atoms with Crippen molar-refractivity contribution in [2.75, 3.05) is 24.7 Å². The Labute approximate surface area is 73.4 Å². The molecule has 0 amide bonds. The van der Waals surface area contributed by atoms with E-state index in [2.05, 4.69) is 0 Å². The molecule has 0 unspecified atom stereocenters. The first-order valence-corrected chi connectivity index (χ1v) is 5.76. The summed E-state index contributed by atoms with van der Waals surface area (Å²) >= 11 is 5.43. The van der Waals surface area contributed by atoms with Gasteiger partial charge in [0.15, 0.2) is 0 Å². The molecule has 0 atom stereocenters. The summed E-state index contributed by atoms with van der Waals surface area (Å²) in [4.78, 5) is 0. The van der Waals surface area contributed by atoms with Gasteiger partial charge in [-0.1, -0.05) is 6.92 Å². The van der Waals surface area contributed by atoms with Crippen molar-refractivity contribution in [2.24, 2.45) is 0 Å². The first-order chi connectivity index (χ1) is 5.08. The van der Waals surface area contributed by atoms with Crippen LogP contribution in [0.25, 0.3) is 0 Å². The molecule has 0 aliphatic rings. The second-order valence-electron chi connectivity index (χ2n) is 2.08. The zero-order valence-corrected chi connectivity index (χ0v) is 8.45. The molecule has 0 aromatic heterocycles. The van der Waals surface area contributed by atoms with Gasteiger partial charge < -0.3 is 0 Å². The average Bonchev–Trinajstić information content (AvgIpc) is 2.00. The second kappa shape index (κ2) is 4.95. The Bertz CT molecular complexity index is 191. The molecule has 5 heteroatoms. The van der Waals surface area contributed by atoms with E-state index in [0.717, 1.165) is 0 Å². The van der Waals surface area contributed by atoms with Gasteiger partial charge in [-0.25, -0.2) is 12.7 Å². The maximum absolute atomic E-state index is 11.2. The van der Waals surface area contributed by atoms with Crippen molar-refractivity contribution in [2.45, 2.75) is 13.8 Å². The van der Waals surface area contributed by atoms with E-state index in [1.165, 1.54) is 4.31 Å². The number of rotatable bonds is 5. The number of alkyl halides is 1. The van der Waals surface area contributed by atoms with Crippen molar-refractivity contribution in [1.29, 1.82) is 0 Å². The lowest BCUT2D eigenvalue weighted by molar-refractivity contribution is 0.448. The van der Waals surface area contributed by atoms with Crippen LogP contribution in [-0.2, 0) is 10.0 Å². The van der Waals surface area contributed by atoms with Crippen molar-refractivity contribution in [1.82, 2.24) is 4.31 Å². The van der Waals surface area contributed by atoms with Crippen LogP contribution >= 0.6 is 11.6 Å². The summed E-state index contributed by atoms with van der Waals surface area (Å²) in [6, 6.07) is 0. The molecule has 0 fully saturated rings. The number of sulfonamides is 1. The van der Waals surface area contributed by atoms with E-state index in [-0.39, 0.29) is 5.75 Å². The highest BCUT2D eigenvalue weighted by Crippen LogP contribution is 2.00. The Morgan fingerprint density at radius 1 is 1.36 bits per heavy atom. The maximum Gasteiger partial charge on any atom is 0.213 e. The molecule has 0 aromatic rings. The van der Waals surface area contributed by atoms with Gasteiger partial charge in [0.25, 0.3) is 0 Å². The van der Waals surface area contributed by atoms with E-state index in [1.54, 1.807) is 13.8 Å². The van der Waals surface area contributed by atoms with Crippen molar-refractivity contribution in [3.05, 3.63) is 0 Å². The summed E-state index contributed by atoms with van der Waals surface area (Å²) in [6.07, 6.45) is 0. The van der Waals surface area contributed by atoms with Gasteiger partial charge in [0.1, 0.15) is 0 Å².